The maximum absolute atomic E-state index is 5.57. The van der Waals surface area contributed by atoms with Crippen molar-refractivity contribution in [3.8, 4) is 0 Å². The second kappa shape index (κ2) is 11.9. The number of hydrogen-bond donors (Lipinski definition) is 0. The van der Waals surface area contributed by atoms with E-state index in [0.717, 1.165) is 33.3 Å². The van der Waals surface area contributed by atoms with E-state index < -0.39 is 0 Å². The second-order valence-electron chi connectivity index (χ2n) is 7.69. The first-order valence-electron chi connectivity index (χ1n) is 9.61. The number of ether oxygens (including phenoxy) is 2. The van der Waals surface area contributed by atoms with Gasteiger partial charge in [0.2, 0.25) is 0 Å². The molecule has 0 saturated heterocycles. The van der Waals surface area contributed by atoms with E-state index in [1.165, 1.54) is 0 Å². The molecule has 156 valence electrons. The van der Waals surface area contributed by atoms with Crippen molar-refractivity contribution in [1.82, 2.24) is 0 Å². The van der Waals surface area contributed by atoms with Crippen molar-refractivity contribution in [2.24, 2.45) is 21.8 Å². The van der Waals surface area contributed by atoms with Gasteiger partial charge in [0.25, 0.3) is 0 Å². The van der Waals surface area contributed by atoms with Crippen LogP contribution >= 0.6 is 31.9 Å². The molecule has 2 saturated carbocycles. The van der Waals surface area contributed by atoms with Crippen molar-refractivity contribution in [2.75, 3.05) is 13.2 Å². The quantitative estimate of drug-likeness (QED) is 0.444. The Morgan fingerprint density at radius 2 is 1.14 bits per heavy atom. The summed E-state index contributed by atoms with van der Waals surface area (Å²) in [5, 5.41) is 0. The molecule has 0 aromatic carbocycles. The normalized spacial score (nSPS) is 28.7. The van der Waals surface area contributed by atoms with Gasteiger partial charge in [-0.05, 0) is 50.4 Å². The number of hydrogen-bond acceptors (Lipinski definition) is 4. The zero-order valence-corrected chi connectivity index (χ0v) is 21.3. The molecule has 2 fully saturated rings. The number of halogens is 2. The van der Waals surface area contributed by atoms with Gasteiger partial charge in [-0.25, -0.2) is 9.98 Å². The van der Waals surface area contributed by atoms with Crippen molar-refractivity contribution >= 4 is 43.7 Å². The summed E-state index contributed by atoms with van der Waals surface area (Å²) in [4.78, 5) is 11.2. The average Bonchev–Trinajstić information content (AvgIpc) is 3.41. The van der Waals surface area contributed by atoms with Crippen LogP contribution in [-0.4, -0.2) is 37.1 Å². The van der Waals surface area contributed by atoms with Gasteiger partial charge in [0.15, 0.2) is 11.8 Å². The molecular formula is C22H26Br2FeN2O2+2. The Balaban J connectivity index is 0.000000200. The van der Waals surface area contributed by atoms with E-state index in [2.05, 4.69) is 69.5 Å². The Hall–Kier alpha value is 0.419. The predicted molar refractivity (Wildman–Crippen MR) is 121 cm³/mol. The van der Waals surface area contributed by atoms with Gasteiger partial charge in [-0.1, -0.05) is 59.6 Å². The van der Waals surface area contributed by atoms with E-state index in [-0.39, 0.29) is 17.1 Å². The van der Waals surface area contributed by atoms with Crippen LogP contribution in [0.25, 0.3) is 0 Å². The molecule has 2 atom stereocenters. The fourth-order valence-corrected chi connectivity index (χ4v) is 3.81. The molecule has 0 aromatic rings. The topological polar surface area (TPSA) is 43.2 Å². The molecule has 7 heteroatoms. The zero-order valence-electron chi connectivity index (χ0n) is 17.0. The SMILES string of the molecule is CC(C)[C@H]1COC([C]2[CH][CH][CH][C]2Br)=N1.CC(C)[C@H]1COC([C]2[CH][CH][CH][C]2Br)=N1.[Fe+2]. The van der Waals surface area contributed by atoms with Gasteiger partial charge in [-0.2, -0.15) is 0 Å². The van der Waals surface area contributed by atoms with Gasteiger partial charge >= 0.3 is 17.1 Å². The molecule has 2 aliphatic carbocycles. The summed E-state index contributed by atoms with van der Waals surface area (Å²) >= 11 is 6.94. The van der Waals surface area contributed by atoms with Gasteiger partial charge in [-0.3, -0.25) is 0 Å². The molecule has 0 N–H and O–H groups in total. The summed E-state index contributed by atoms with van der Waals surface area (Å²) in [5.74, 6) is 4.77. The second-order valence-corrected chi connectivity index (χ2v) is 9.40. The standard InChI is InChI=1S/2C11H13BrNO.Fe/c2*1-7(2)10-6-14-11(13-10)8-4-3-5-9(8)12;/h2*3-5,7,10H,6H2,1-2H3;/q;;+2/t2*10-;/m11./s1. The molecule has 0 aromatic heterocycles. The monoisotopic (exact) mass is 564 g/mol. The van der Waals surface area contributed by atoms with Crippen LogP contribution in [0.4, 0.5) is 0 Å². The molecule has 10 radical (unpaired) electrons. The molecule has 2 aliphatic heterocycles. The summed E-state index contributed by atoms with van der Waals surface area (Å²) in [7, 11) is 0. The van der Waals surface area contributed by atoms with Crippen LogP contribution in [-0.2, 0) is 26.5 Å². The van der Waals surface area contributed by atoms with Crippen LogP contribution in [0.3, 0.4) is 0 Å². The summed E-state index contributed by atoms with van der Waals surface area (Å²) in [6, 6.07) is 0.624. The van der Waals surface area contributed by atoms with Crippen LogP contribution in [0.1, 0.15) is 27.7 Å². The molecule has 4 rings (SSSR count). The smallest absolute Gasteiger partial charge is 0.478 e. The van der Waals surface area contributed by atoms with E-state index in [1.54, 1.807) is 0 Å². The minimum Gasteiger partial charge on any atom is -0.478 e. The van der Waals surface area contributed by atoms with E-state index in [0.29, 0.717) is 37.1 Å². The third-order valence-electron chi connectivity index (χ3n) is 4.87. The van der Waals surface area contributed by atoms with Crippen LogP contribution in [0.5, 0.6) is 0 Å². The summed E-state index contributed by atoms with van der Waals surface area (Å²) in [5.41, 5.74) is 0. The van der Waals surface area contributed by atoms with Crippen molar-refractivity contribution in [1.29, 1.82) is 0 Å². The Morgan fingerprint density at radius 1 is 0.759 bits per heavy atom. The Labute approximate surface area is 204 Å². The molecule has 0 bridgehead atoms. The minimum atomic E-state index is 0. The molecule has 29 heavy (non-hydrogen) atoms. The van der Waals surface area contributed by atoms with Crippen LogP contribution in [0.15, 0.2) is 9.98 Å². The average molecular weight is 566 g/mol. The molecule has 0 amide bonds. The van der Waals surface area contributed by atoms with Gasteiger partial charge in [0.1, 0.15) is 13.2 Å². The van der Waals surface area contributed by atoms with E-state index in [1.807, 2.05) is 38.5 Å². The first-order chi connectivity index (χ1) is 13.4. The Bertz CT molecular complexity index is 535. The molecule has 0 spiro atoms. The maximum Gasteiger partial charge on any atom is 2.00 e. The zero-order chi connectivity index (χ0) is 20.3. The number of nitrogens with zero attached hydrogens (tertiary/aromatic N) is 2. The van der Waals surface area contributed by atoms with E-state index in [9.17, 15) is 0 Å². The number of rotatable bonds is 4. The molecule has 2 heterocycles. The van der Waals surface area contributed by atoms with Gasteiger partial charge in [-0.15, -0.1) is 0 Å². The predicted octanol–water partition coefficient (Wildman–Crippen LogP) is 5.13. The van der Waals surface area contributed by atoms with Crippen molar-refractivity contribution < 1.29 is 26.5 Å². The molecule has 0 unspecified atom stereocenters. The molecule has 4 aliphatic rings. The summed E-state index contributed by atoms with van der Waals surface area (Å²) in [6.07, 6.45) is 12.0. The van der Waals surface area contributed by atoms with E-state index in [4.69, 9.17) is 9.47 Å². The Kier molecular flexibility index (Phi) is 10.5. The minimum absolute atomic E-state index is 0. The third kappa shape index (κ3) is 6.70. The van der Waals surface area contributed by atoms with Crippen LogP contribution in [0.2, 0.25) is 0 Å². The van der Waals surface area contributed by atoms with Gasteiger partial charge < -0.3 is 9.47 Å². The first-order valence-corrected chi connectivity index (χ1v) is 11.2. The van der Waals surface area contributed by atoms with E-state index >= 15 is 0 Å². The first kappa shape index (κ1) is 25.7. The van der Waals surface area contributed by atoms with Crippen molar-refractivity contribution in [2.45, 2.75) is 39.8 Å². The fourth-order valence-electron chi connectivity index (χ4n) is 2.90. The Morgan fingerprint density at radius 3 is 1.38 bits per heavy atom. The van der Waals surface area contributed by atoms with Gasteiger partial charge in [0, 0.05) is 0 Å². The molecule has 4 nitrogen and oxygen atoms in total. The van der Waals surface area contributed by atoms with Crippen molar-refractivity contribution in [3.05, 3.63) is 60.0 Å². The van der Waals surface area contributed by atoms with Crippen LogP contribution < -0.4 is 0 Å². The maximum atomic E-state index is 5.57. The van der Waals surface area contributed by atoms with Crippen LogP contribution in [0, 0.1) is 71.9 Å². The summed E-state index contributed by atoms with van der Waals surface area (Å²) < 4.78 is 11.1. The van der Waals surface area contributed by atoms with Crippen molar-refractivity contribution in [3.63, 3.8) is 0 Å². The fraction of sp³-hybridized carbons (Fsp3) is 0.455. The number of aliphatic imine (C=N–C) groups is 2. The third-order valence-corrected chi connectivity index (χ3v) is 6.26. The van der Waals surface area contributed by atoms with Gasteiger partial charge in [0.05, 0.1) is 33.6 Å². The summed E-state index contributed by atoms with van der Waals surface area (Å²) in [6.45, 7) is 10.1. The molecular weight excluding hydrogens is 540 g/mol. The largest absolute Gasteiger partial charge is 2.00 e.